The predicted octanol–water partition coefficient (Wildman–Crippen LogP) is 4.70. The molecule has 2 aliphatic heterocycles. The summed E-state index contributed by atoms with van der Waals surface area (Å²) in [6, 6.07) is 16.9. The lowest BCUT2D eigenvalue weighted by Crippen LogP contribution is -2.36. The molecule has 28 heavy (non-hydrogen) atoms. The van der Waals surface area contributed by atoms with Crippen molar-refractivity contribution in [3.8, 4) is 0 Å². The smallest absolute Gasteiger partial charge is 0.228 e. The predicted molar refractivity (Wildman–Crippen MR) is 117 cm³/mol. The van der Waals surface area contributed by atoms with Gasteiger partial charge < -0.3 is 15.1 Å². The number of nitrogens with zero attached hydrogens (tertiary/aromatic N) is 2. The number of hydrogen-bond acceptors (Lipinski definition) is 3. The number of rotatable bonds is 5. The largest absolute Gasteiger partial charge is 0.385 e. The highest BCUT2D eigenvalue weighted by molar-refractivity contribution is 5.94. The van der Waals surface area contributed by atoms with Gasteiger partial charge in [0.05, 0.1) is 0 Å². The zero-order chi connectivity index (χ0) is 19.3. The highest BCUT2D eigenvalue weighted by atomic mass is 16.2. The van der Waals surface area contributed by atoms with E-state index in [2.05, 4.69) is 59.6 Å². The molecule has 1 fully saturated rings. The Balaban J connectivity index is 1.28. The fourth-order valence-electron chi connectivity index (χ4n) is 4.30. The van der Waals surface area contributed by atoms with E-state index in [9.17, 15) is 4.79 Å². The van der Waals surface area contributed by atoms with E-state index < -0.39 is 0 Å². The van der Waals surface area contributed by atoms with Crippen molar-refractivity contribution in [1.82, 2.24) is 0 Å². The molecule has 1 amide bonds. The Kier molecular flexibility index (Phi) is 5.84. The first-order valence-corrected chi connectivity index (χ1v) is 10.7. The van der Waals surface area contributed by atoms with Crippen LogP contribution in [-0.2, 0) is 11.2 Å². The standard InChI is InChI=1S/C24H31N3O/c1-19-13-17-26(18-14-19)22-10-8-21(9-11-22)25-15-12-24(28)27-16-4-6-20-5-2-3-7-23(20)27/h2-3,5,7-11,19,25H,4,6,12-18H2,1H3. The van der Waals surface area contributed by atoms with Gasteiger partial charge >= 0.3 is 0 Å². The number of piperidine rings is 1. The Hall–Kier alpha value is -2.49. The van der Waals surface area contributed by atoms with Gasteiger partial charge in [-0.05, 0) is 67.5 Å². The molecular formula is C24H31N3O. The van der Waals surface area contributed by atoms with E-state index in [1.807, 2.05) is 11.0 Å². The molecule has 0 aromatic heterocycles. The van der Waals surface area contributed by atoms with Gasteiger partial charge in [-0.1, -0.05) is 25.1 Å². The van der Waals surface area contributed by atoms with Crippen LogP contribution in [0.4, 0.5) is 17.1 Å². The van der Waals surface area contributed by atoms with Gasteiger partial charge in [0.2, 0.25) is 5.91 Å². The van der Waals surface area contributed by atoms with Gasteiger partial charge in [-0.2, -0.15) is 0 Å². The maximum Gasteiger partial charge on any atom is 0.228 e. The SMILES string of the molecule is CC1CCN(c2ccc(NCCC(=O)N3CCCc4ccccc43)cc2)CC1. The molecule has 0 unspecified atom stereocenters. The average Bonchev–Trinajstić information content (AvgIpc) is 2.74. The van der Waals surface area contributed by atoms with Crippen molar-refractivity contribution in [2.45, 2.75) is 39.0 Å². The molecule has 2 aromatic carbocycles. The number of para-hydroxylation sites is 1. The second kappa shape index (κ2) is 8.68. The Morgan fingerprint density at radius 3 is 2.57 bits per heavy atom. The molecule has 0 spiro atoms. The summed E-state index contributed by atoms with van der Waals surface area (Å²) in [7, 11) is 0. The molecule has 2 heterocycles. The molecule has 1 saturated heterocycles. The van der Waals surface area contributed by atoms with Gasteiger partial charge in [-0.15, -0.1) is 0 Å². The van der Waals surface area contributed by atoms with E-state index in [0.717, 1.165) is 49.8 Å². The van der Waals surface area contributed by atoms with Crippen LogP contribution in [0, 0.1) is 5.92 Å². The number of fused-ring (bicyclic) bond motifs is 1. The third kappa shape index (κ3) is 4.32. The van der Waals surface area contributed by atoms with E-state index in [1.165, 1.54) is 24.1 Å². The van der Waals surface area contributed by atoms with Gasteiger partial charge in [-0.25, -0.2) is 0 Å². The summed E-state index contributed by atoms with van der Waals surface area (Å²) >= 11 is 0. The summed E-state index contributed by atoms with van der Waals surface area (Å²) in [5.41, 5.74) is 4.77. The summed E-state index contributed by atoms with van der Waals surface area (Å²) in [5, 5.41) is 3.41. The van der Waals surface area contributed by atoms with Crippen molar-refractivity contribution in [2.24, 2.45) is 5.92 Å². The average molecular weight is 378 g/mol. The Bertz CT molecular complexity index is 794. The quantitative estimate of drug-likeness (QED) is 0.820. The summed E-state index contributed by atoms with van der Waals surface area (Å²) in [4.78, 5) is 17.2. The third-order valence-electron chi connectivity index (χ3n) is 6.10. The number of aryl methyl sites for hydroxylation is 1. The van der Waals surface area contributed by atoms with Gasteiger partial charge in [0, 0.05) is 49.7 Å². The molecule has 4 nitrogen and oxygen atoms in total. The lowest BCUT2D eigenvalue weighted by molar-refractivity contribution is -0.118. The van der Waals surface area contributed by atoms with Crippen LogP contribution in [0.15, 0.2) is 48.5 Å². The lowest BCUT2D eigenvalue weighted by Gasteiger charge is -2.32. The number of carbonyl (C=O) groups is 1. The number of nitrogens with one attached hydrogen (secondary N) is 1. The van der Waals surface area contributed by atoms with E-state index in [4.69, 9.17) is 0 Å². The number of benzene rings is 2. The van der Waals surface area contributed by atoms with Crippen molar-refractivity contribution < 1.29 is 4.79 Å². The van der Waals surface area contributed by atoms with Gasteiger partial charge in [0.1, 0.15) is 0 Å². The molecule has 148 valence electrons. The van der Waals surface area contributed by atoms with Gasteiger partial charge in [0.15, 0.2) is 0 Å². The van der Waals surface area contributed by atoms with Crippen LogP contribution < -0.4 is 15.1 Å². The molecule has 0 radical (unpaired) electrons. The van der Waals surface area contributed by atoms with Gasteiger partial charge in [0.25, 0.3) is 0 Å². The zero-order valence-electron chi connectivity index (χ0n) is 16.9. The Morgan fingerprint density at radius 2 is 1.79 bits per heavy atom. The Morgan fingerprint density at radius 1 is 1.04 bits per heavy atom. The van der Waals surface area contributed by atoms with E-state index in [1.54, 1.807) is 0 Å². The molecule has 2 aromatic rings. The molecule has 4 rings (SSSR count). The minimum atomic E-state index is 0.207. The van der Waals surface area contributed by atoms with Crippen molar-refractivity contribution in [3.63, 3.8) is 0 Å². The first-order chi connectivity index (χ1) is 13.7. The molecule has 2 aliphatic rings. The molecule has 0 saturated carbocycles. The van der Waals surface area contributed by atoms with Crippen LogP contribution in [-0.4, -0.2) is 32.1 Å². The number of hydrogen-bond donors (Lipinski definition) is 1. The third-order valence-corrected chi connectivity index (χ3v) is 6.10. The molecule has 1 N–H and O–H groups in total. The number of amides is 1. The lowest BCUT2D eigenvalue weighted by atomic mass is 9.99. The normalized spacial score (nSPS) is 17.3. The Labute approximate surface area is 168 Å². The van der Waals surface area contributed by atoms with Crippen LogP contribution in [0.5, 0.6) is 0 Å². The van der Waals surface area contributed by atoms with E-state index >= 15 is 0 Å². The molecule has 4 heteroatoms. The minimum Gasteiger partial charge on any atom is -0.385 e. The fraction of sp³-hybridized carbons (Fsp3) is 0.458. The maximum atomic E-state index is 12.7. The second-order valence-corrected chi connectivity index (χ2v) is 8.17. The van der Waals surface area contributed by atoms with E-state index in [0.29, 0.717) is 13.0 Å². The molecule has 0 bridgehead atoms. The molecule has 0 aliphatic carbocycles. The minimum absolute atomic E-state index is 0.207. The summed E-state index contributed by atoms with van der Waals surface area (Å²) in [6.45, 7) is 6.14. The summed E-state index contributed by atoms with van der Waals surface area (Å²) in [5.74, 6) is 1.06. The topological polar surface area (TPSA) is 35.6 Å². The van der Waals surface area contributed by atoms with Crippen molar-refractivity contribution in [3.05, 3.63) is 54.1 Å². The highest BCUT2D eigenvalue weighted by Gasteiger charge is 2.21. The number of anilines is 3. The van der Waals surface area contributed by atoms with E-state index in [-0.39, 0.29) is 5.91 Å². The first-order valence-electron chi connectivity index (χ1n) is 10.7. The van der Waals surface area contributed by atoms with Gasteiger partial charge in [-0.3, -0.25) is 4.79 Å². The fourth-order valence-corrected chi connectivity index (χ4v) is 4.30. The summed E-state index contributed by atoms with van der Waals surface area (Å²) < 4.78 is 0. The zero-order valence-corrected chi connectivity index (χ0v) is 16.9. The first kappa shape index (κ1) is 18.9. The molecular weight excluding hydrogens is 346 g/mol. The van der Waals surface area contributed by atoms with Crippen molar-refractivity contribution >= 4 is 23.0 Å². The van der Waals surface area contributed by atoms with Crippen LogP contribution in [0.2, 0.25) is 0 Å². The van der Waals surface area contributed by atoms with Crippen LogP contribution in [0.3, 0.4) is 0 Å². The van der Waals surface area contributed by atoms with Crippen LogP contribution in [0.25, 0.3) is 0 Å². The number of carbonyl (C=O) groups excluding carboxylic acids is 1. The van der Waals surface area contributed by atoms with Crippen LogP contribution >= 0.6 is 0 Å². The van der Waals surface area contributed by atoms with Crippen molar-refractivity contribution in [1.29, 1.82) is 0 Å². The highest BCUT2D eigenvalue weighted by Crippen LogP contribution is 2.27. The summed E-state index contributed by atoms with van der Waals surface area (Å²) in [6.07, 6.45) is 5.19. The monoisotopic (exact) mass is 377 g/mol. The molecule has 0 atom stereocenters. The maximum absolute atomic E-state index is 12.7. The van der Waals surface area contributed by atoms with Crippen LogP contribution in [0.1, 0.15) is 38.2 Å². The second-order valence-electron chi connectivity index (χ2n) is 8.17. The van der Waals surface area contributed by atoms with Crippen molar-refractivity contribution in [2.75, 3.05) is 41.3 Å².